The monoisotopic (exact) mass is 331 g/mol. The van der Waals surface area contributed by atoms with Crippen molar-refractivity contribution in [3.05, 3.63) is 35.9 Å². The lowest BCUT2D eigenvalue weighted by atomic mass is 10.0. The van der Waals surface area contributed by atoms with Gasteiger partial charge in [0.1, 0.15) is 0 Å². The average Bonchev–Trinajstić information content (AvgIpc) is 2.55. The summed E-state index contributed by atoms with van der Waals surface area (Å²) in [6.45, 7) is 6.36. The smallest absolute Gasteiger partial charge is 0.225 e. The van der Waals surface area contributed by atoms with Gasteiger partial charge < -0.3 is 15.4 Å². The first-order chi connectivity index (χ1) is 11.8. The highest BCUT2D eigenvalue weighted by atomic mass is 16.5. The molecule has 0 aromatic heterocycles. The zero-order chi connectivity index (χ0) is 16.6. The van der Waals surface area contributed by atoms with Crippen LogP contribution in [0.3, 0.4) is 0 Å². The fourth-order valence-corrected chi connectivity index (χ4v) is 3.23. The average molecular weight is 331 g/mol. The SMILES string of the molecule is O=C(NCCCOC1CCN(Cc2ccccc2)CC1)C1CNC1. The highest BCUT2D eigenvalue weighted by molar-refractivity contribution is 5.79. The fraction of sp³-hybridized carbons (Fsp3) is 0.632. The van der Waals surface area contributed by atoms with Crippen molar-refractivity contribution in [3.8, 4) is 0 Å². The number of nitrogens with zero attached hydrogens (tertiary/aromatic N) is 1. The molecule has 2 heterocycles. The number of likely N-dealkylation sites (tertiary alicyclic amines) is 1. The lowest BCUT2D eigenvalue weighted by molar-refractivity contribution is -0.126. The van der Waals surface area contributed by atoms with Crippen molar-refractivity contribution in [3.63, 3.8) is 0 Å². The molecule has 3 rings (SSSR count). The van der Waals surface area contributed by atoms with E-state index in [-0.39, 0.29) is 11.8 Å². The molecule has 132 valence electrons. The van der Waals surface area contributed by atoms with Crippen molar-refractivity contribution in [1.29, 1.82) is 0 Å². The van der Waals surface area contributed by atoms with Gasteiger partial charge in [-0.25, -0.2) is 0 Å². The van der Waals surface area contributed by atoms with Crippen LogP contribution in [0.2, 0.25) is 0 Å². The molecular weight excluding hydrogens is 302 g/mol. The number of carbonyl (C=O) groups excluding carboxylic acids is 1. The Hall–Kier alpha value is -1.43. The Morgan fingerprint density at radius 1 is 1.21 bits per heavy atom. The third-order valence-corrected chi connectivity index (χ3v) is 4.91. The topological polar surface area (TPSA) is 53.6 Å². The molecule has 2 fully saturated rings. The summed E-state index contributed by atoms with van der Waals surface area (Å²) in [5, 5.41) is 6.11. The highest BCUT2D eigenvalue weighted by Crippen LogP contribution is 2.16. The Morgan fingerprint density at radius 2 is 1.96 bits per heavy atom. The number of hydrogen-bond donors (Lipinski definition) is 2. The summed E-state index contributed by atoms with van der Waals surface area (Å²) in [7, 11) is 0. The van der Waals surface area contributed by atoms with E-state index in [1.807, 2.05) is 0 Å². The summed E-state index contributed by atoms with van der Waals surface area (Å²) >= 11 is 0. The molecule has 0 atom stereocenters. The van der Waals surface area contributed by atoms with Crippen LogP contribution in [0.4, 0.5) is 0 Å². The Balaban J connectivity index is 1.23. The number of amides is 1. The predicted octanol–water partition coefficient (Wildman–Crippen LogP) is 1.39. The predicted molar refractivity (Wildman–Crippen MR) is 94.7 cm³/mol. The molecule has 24 heavy (non-hydrogen) atoms. The molecule has 0 aliphatic carbocycles. The van der Waals surface area contributed by atoms with Gasteiger partial charge in [0.25, 0.3) is 0 Å². The first-order valence-corrected chi connectivity index (χ1v) is 9.17. The van der Waals surface area contributed by atoms with Crippen molar-refractivity contribution in [2.45, 2.75) is 31.9 Å². The number of nitrogens with one attached hydrogen (secondary N) is 2. The molecule has 5 nitrogen and oxygen atoms in total. The maximum absolute atomic E-state index is 11.7. The van der Waals surface area contributed by atoms with Crippen LogP contribution in [0.5, 0.6) is 0 Å². The Labute approximate surface area is 144 Å². The summed E-state index contributed by atoms with van der Waals surface area (Å²) < 4.78 is 5.97. The Bertz CT molecular complexity index is 497. The van der Waals surface area contributed by atoms with E-state index < -0.39 is 0 Å². The van der Waals surface area contributed by atoms with Crippen LogP contribution in [0, 0.1) is 5.92 Å². The van der Waals surface area contributed by atoms with Crippen LogP contribution < -0.4 is 10.6 Å². The number of piperidine rings is 1. The summed E-state index contributed by atoms with van der Waals surface area (Å²) in [6.07, 6.45) is 3.49. The zero-order valence-corrected chi connectivity index (χ0v) is 14.4. The number of hydrogen-bond acceptors (Lipinski definition) is 4. The normalized spacial score (nSPS) is 19.8. The minimum absolute atomic E-state index is 0.180. The van der Waals surface area contributed by atoms with Gasteiger partial charge in [-0.3, -0.25) is 9.69 Å². The number of benzene rings is 1. The van der Waals surface area contributed by atoms with Gasteiger partial charge in [-0.1, -0.05) is 30.3 Å². The standard InChI is InChI=1S/C19H29N3O2/c23-19(17-13-20-14-17)21-9-4-12-24-18-7-10-22(11-8-18)15-16-5-2-1-3-6-16/h1-3,5-6,17-18,20H,4,7-15H2,(H,21,23). The number of ether oxygens (including phenoxy) is 1. The van der Waals surface area contributed by atoms with Gasteiger partial charge in [0.2, 0.25) is 5.91 Å². The minimum atomic E-state index is 0.180. The third kappa shape index (κ3) is 5.30. The molecule has 1 aromatic carbocycles. The molecule has 2 saturated heterocycles. The lowest BCUT2D eigenvalue weighted by Crippen LogP contribution is -2.50. The second-order valence-electron chi connectivity index (χ2n) is 6.83. The summed E-state index contributed by atoms with van der Waals surface area (Å²) in [6, 6.07) is 10.7. The molecule has 0 saturated carbocycles. The van der Waals surface area contributed by atoms with Crippen LogP contribution in [0.15, 0.2) is 30.3 Å². The quantitative estimate of drug-likeness (QED) is 0.707. The summed E-state index contributed by atoms with van der Waals surface area (Å²) in [5.74, 6) is 0.364. The van der Waals surface area contributed by atoms with Crippen molar-refractivity contribution in [2.75, 3.05) is 39.3 Å². The highest BCUT2D eigenvalue weighted by Gasteiger charge is 2.24. The maximum Gasteiger partial charge on any atom is 0.225 e. The van der Waals surface area contributed by atoms with E-state index in [0.717, 1.165) is 65.1 Å². The van der Waals surface area contributed by atoms with E-state index in [9.17, 15) is 4.79 Å². The minimum Gasteiger partial charge on any atom is -0.378 e. The Kier molecular flexibility index (Phi) is 6.64. The van der Waals surface area contributed by atoms with E-state index in [1.165, 1.54) is 5.56 Å². The summed E-state index contributed by atoms with van der Waals surface area (Å²) in [4.78, 5) is 14.2. The molecule has 1 aromatic rings. The molecule has 5 heteroatoms. The second kappa shape index (κ2) is 9.16. The molecule has 0 bridgehead atoms. The number of rotatable bonds is 8. The molecule has 2 aliphatic rings. The van der Waals surface area contributed by atoms with Gasteiger partial charge in [0.05, 0.1) is 12.0 Å². The van der Waals surface area contributed by atoms with Crippen molar-refractivity contribution in [2.24, 2.45) is 5.92 Å². The molecular formula is C19H29N3O2. The maximum atomic E-state index is 11.7. The largest absolute Gasteiger partial charge is 0.378 e. The second-order valence-corrected chi connectivity index (χ2v) is 6.83. The van der Waals surface area contributed by atoms with Crippen molar-refractivity contribution in [1.82, 2.24) is 15.5 Å². The molecule has 2 aliphatic heterocycles. The fourth-order valence-electron chi connectivity index (χ4n) is 3.23. The molecule has 2 N–H and O–H groups in total. The Morgan fingerprint density at radius 3 is 2.62 bits per heavy atom. The van der Waals surface area contributed by atoms with Crippen molar-refractivity contribution < 1.29 is 9.53 Å². The van der Waals surface area contributed by atoms with E-state index in [2.05, 4.69) is 45.9 Å². The van der Waals surface area contributed by atoms with Gasteiger partial charge in [-0.2, -0.15) is 0 Å². The van der Waals surface area contributed by atoms with Crippen LogP contribution in [-0.4, -0.2) is 56.2 Å². The molecule has 0 spiro atoms. The first-order valence-electron chi connectivity index (χ1n) is 9.17. The van der Waals surface area contributed by atoms with E-state index in [0.29, 0.717) is 6.10 Å². The van der Waals surface area contributed by atoms with Crippen LogP contribution in [-0.2, 0) is 16.1 Å². The van der Waals surface area contributed by atoms with Gasteiger partial charge in [0.15, 0.2) is 0 Å². The van der Waals surface area contributed by atoms with E-state index in [1.54, 1.807) is 0 Å². The van der Waals surface area contributed by atoms with E-state index >= 15 is 0 Å². The van der Waals surface area contributed by atoms with Crippen LogP contribution in [0.1, 0.15) is 24.8 Å². The molecule has 0 unspecified atom stereocenters. The molecule has 0 radical (unpaired) electrons. The van der Waals surface area contributed by atoms with Crippen molar-refractivity contribution >= 4 is 5.91 Å². The first kappa shape index (κ1) is 17.4. The van der Waals surface area contributed by atoms with Crippen LogP contribution in [0.25, 0.3) is 0 Å². The third-order valence-electron chi connectivity index (χ3n) is 4.91. The molecule has 1 amide bonds. The zero-order valence-electron chi connectivity index (χ0n) is 14.4. The van der Waals surface area contributed by atoms with Gasteiger partial charge in [0, 0.05) is 45.9 Å². The van der Waals surface area contributed by atoms with Gasteiger partial charge in [-0.05, 0) is 24.8 Å². The van der Waals surface area contributed by atoms with Gasteiger partial charge >= 0.3 is 0 Å². The van der Waals surface area contributed by atoms with Crippen LogP contribution >= 0.6 is 0 Å². The van der Waals surface area contributed by atoms with Gasteiger partial charge in [-0.15, -0.1) is 0 Å². The number of carbonyl (C=O) groups is 1. The lowest BCUT2D eigenvalue weighted by Gasteiger charge is -2.32. The summed E-state index contributed by atoms with van der Waals surface area (Å²) in [5.41, 5.74) is 1.38. The van der Waals surface area contributed by atoms with E-state index in [4.69, 9.17) is 4.74 Å².